The van der Waals surface area contributed by atoms with Gasteiger partial charge < -0.3 is 11.1 Å². The second-order valence-corrected chi connectivity index (χ2v) is 12.7. The molecule has 0 bridgehead atoms. The maximum Gasteiger partial charge on any atom is 0.227 e. The van der Waals surface area contributed by atoms with E-state index in [1.54, 1.807) is 6.20 Å². The lowest BCUT2D eigenvalue weighted by molar-refractivity contribution is 0.0209. The molecule has 11 heteroatoms. The molecular formula is C35H33ClN10. The summed E-state index contributed by atoms with van der Waals surface area (Å²) in [6.45, 7) is 3.11. The first kappa shape index (κ1) is 28.5. The van der Waals surface area contributed by atoms with Crippen LogP contribution in [-0.2, 0) is 6.54 Å². The number of nitrogen functional groups attached to an aromatic ring is 1. The van der Waals surface area contributed by atoms with E-state index in [1.165, 1.54) is 24.7 Å². The van der Waals surface area contributed by atoms with Gasteiger partial charge >= 0.3 is 0 Å². The zero-order chi connectivity index (χ0) is 31.1. The molecule has 1 saturated heterocycles. The Balaban J connectivity index is 0.995. The van der Waals surface area contributed by atoms with Crippen molar-refractivity contribution in [3.63, 3.8) is 0 Å². The van der Waals surface area contributed by atoms with Gasteiger partial charge in [-0.15, -0.1) is 0 Å². The number of benzene rings is 2. The van der Waals surface area contributed by atoms with Gasteiger partial charge in [-0.05, 0) is 97.8 Å². The first-order valence-corrected chi connectivity index (χ1v) is 16.0. The summed E-state index contributed by atoms with van der Waals surface area (Å²) < 4.78 is 2.09. The lowest BCUT2D eigenvalue weighted by Gasteiger charge is -2.52. The van der Waals surface area contributed by atoms with Crippen molar-refractivity contribution in [1.82, 2.24) is 39.4 Å². The molecule has 6 aromatic rings. The summed E-state index contributed by atoms with van der Waals surface area (Å²) in [7, 11) is 0. The van der Waals surface area contributed by atoms with Crippen LogP contribution in [0.1, 0.15) is 31.2 Å². The van der Waals surface area contributed by atoms with Gasteiger partial charge in [0.2, 0.25) is 11.2 Å². The van der Waals surface area contributed by atoms with E-state index in [2.05, 4.69) is 71.1 Å². The summed E-state index contributed by atoms with van der Waals surface area (Å²) in [6.07, 6.45) is 7.83. The fourth-order valence-corrected chi connectivity index (χ4v) is 7.10. The largest absolute Gasteiger partial charge is 0.383 e. The van der Waals surface area contributed by atoms with E-state index in [0.29, 0.717) is 23.2 Å². The number of nitrogens with one attached hydrogen (secondary N) is 1. The van der Waals surface area contributed by atoms with Gasteiger partial charge in [0.15, 0.2) is 11.5 Å². The Morgan fingerprint density at radius 1 is 0.848 bits per heavy atom. The van der Waals surface area contributed by atoms with Crippen LogP contribution in [0.25, 0.3) is 39.5 Å². The number of piperidine rings is 1. The van der Waals surface area contributed by atoms with Gasteiger partial charge in [0.1, 0.15) is 17.7 Å². The number of anilines is 2. The van der Waals surface area contributed by atoms with Crippen molar-refractivity contribution in [2.24, 2.45) is 5.41 Å². The molecule has 10 nitrogen and oxygen atoms in total. The van der Waals surface area contributed by atoms with E-state index in [9.17, 15) is 0 Å². The highest BCUT2D eigenvalue weighted by Crippen LogP contribution is 2.50. The molecule has 5 heterocycles. The zero-order valence-electron chi connectivity index (χ0n) is 25.2. The van der Waals surface area contributed by atoms with Gasteiger partial charge in [0.05, 0.1) is 11.3 Å². The minimum atomic E-state index is 0.221. The molecular weight excluding hydrogens is 596 g/mol. The van der Waals surface area contributed by atoms with Gasteiger partial charge in [-0.25, -0.2) is 24.9 Å². The van der Waals surface area contributed by atoms with Gasteiger partial charge in [-0.3, -0.25) is 9.47 Å². The third-order valence-electron chi connectivity index (χ3n) is 9.41. The molecule has 1 aliphatic carbocycles. The van der Waals surface area contributed by atoms with E-state index < -0.39 is 0 Å². The van der Waals surface area contributed by atoms with Gasteiger partial charge in [-0.2, -0.15) is 4.98 Å². The van der Waals surface area contributed by atoms with E-state index >= 15 is 0 Å². The molecule has 0 amide bonds. The highest BCUT2D eigenvalue weighted by molar-refractivity contribution is 6.28. The van der Waals surface area contributed by atoms with Crippen LogP contribution in [-0.4, -0.2) is 58.5 Å². The zero-order valence-corrected chi connectivity index (χ0v) is 26.0. The van der Waals surface area contributed by atoms with E-state index in [0.717, 1.165) is 72.0 Å². The molecule has 2 aromatic carbocycles. The third-order valence-corrected chi connectivity index (χ3v) is 9.59. The van der Waals surface area contributed by atoms with Crippen LogP contribution in [0.15, 0.2) is 91.4 Å². The van der Waals surface area contributed by atoms with Crippen LogP contribution in [0.4, 0.5) is 11.8 Å². The van der Waals surface area contributed by atoms with Crippen LogP contribution in [0.2, 0.25) is 5.28 Å². The Morgan fingerprint density at radius 3 is 2.41 bits per heavy atom. The summed E-state index contributed by atoms with van der Waals surface area (Å²) in [4.78, 5) is 29.2. The van der Waals surface area contributed by atoms with E-state index in [-0.39, 0.29) is 5.28 Å². The fraction of sp³-hybridized carbons (Fsp3) is 0.257. The number of aromatic nitrogens is 7. The third kappa shape index (κ3) is 5.54. The highest BCUT2D eigenvalue weighted by Gasteiger charge is 2.46. The quantitative estimate of drug-likeness (QED) is 0.206. The molecule has 1 aliphatic heterocycles. The maximum atomic E-state index is 6.34. The second-order valence-electron chi connectivity index (χ2n) is 12.4. The Labute approximate surface area is 271 Å². The van der Waals surface area contributed by atoms with Crippen LogP contribution >= 0.6 is 11.6 Å². The first-order valence-electron chi connectivity index (χ1n) is 15.6. The summed E-state index contributed by atoms with van der Waals surface area (Å²) >= 11 is 5.92. The predicted octanol–water partition coefficient (Wildman–Crippen LogP) is 6.43. The van der Waals surface area contributed by atoms with Crippen molar-refractivity contribution < 1.29 is 0 Å². The Bertz CT molecular complexity index is 1990. The minimum absolute atomic E-state index is 0.221. The van der Waals surface area contributed by atoms with Gasteiger partial charge in [0.25, 0.3) is 0 Å². The Morgan fingerprint density at radius 2 is 1.65 bits per heavy atom. The number of rotatable bonds is 7. The molecule has 8 rings (SSSR count). The number of imidazole rings is 1. The van der Waals surface area contributed by atoms with E-state index in [1.807, 2.05) is 42.5 Å². The van der Waals surface area contributed by atoms with Crippen molar-refractivity contribution >= 4 is 34.5 Å². The monoisotopic (exact) mass is 628 g/mol. The molecule has 1 spiro atoms. The first-order chi connectivity index (χ1) is 22.5. The molecule has 230 valence electrons. The van der Waals surface area contributed by atoms with Gasteiger partial charge in [-0.1, -0.05) is 42.5 Å². The number of halogens is 1. The molecule has 0 unspecified atom stereocenters. The topological polar surface area (TPSA) is 124 Å². The normalized spacial score (nSPS) is 16.5. The van der Waals surface area contributed by atoms with Crippen LogP contribution in [0.5, 0.6) is 0 Å². The highest BCUT2D eigenvalue weighted by atomic mass is 35.5. The number of nitrogens with two attached hydrogens (primary N) is 1. The molecule has 1 saturated carbocycles. The number of pyridine rings is 2. The number of fused-ring (bicyclic) bond motifs is 1. The smallest absolute Gasteiger partial charge is 0.227 e. The van der Waals surface area contributed by atoms with Crippen molar-refractivity contribution in [3.05, 3.63) is 102 Å². The minimum Gasteiger partial charge on any atom is -0.383 e. The molecule has 4 aromatic heterocycles. The Kier molecular flexibility index (Phi) is 7.31. The summed E-state index contributed by atoms with van der Waals surface area (Å²) in [5, 5.41) is 3.64. The summed E-state index contributed by atoms with van der Waals surface area (Å²) in [5.74, 6) is 1.72. The average Bonchev–Trinajstić information content (AvgIpc) is 3.44. The van der Waals surface area contributed by atoms with Crippen molar-refractivity contribution in [2.75, 3.05) is 24.1 Å². The number of hydrogen-bond donors (Lipinski definition) is 2. The second kappa shape index (κ2) is 11.8. The average molecular weight is 629 g/mol. The fourth-order valence-electron chi connectivity index (χ4n) is 6.98. The predicted molar refractivity (Wildman–Crippen MR) is 180 cm³/mol. The standard InChI is InChI=1S/C35H33ClN10/c36-33-39-22-40-34(44-33)41-25-19-35(20-25)14-17-45(18-15-35)21-23-8-10-26(11-9-23)46-31(27-7-4-16-38-30(27)37)43-29-13-12-28(42-32(29)46)24-5-2-1-3-6-24/h1-13,16,22,25H,14-15,17-21H2,(H2,37,38)(H,39,40,41,44). The van der Waals surface area contributed by atoms with Crippen LogP contribution in [0.3, 0.4) is 0 Å². The molecule has 46 heavy (non-hydrogen) atoms. The van der Waals surface area contributed by atoms with E-state index in [4.69, 9.17) is 27.3 Å². The lowest BCUT2D eigenvalue weighted by atomic mass is 9.60. The van der Waals surface area contributed by atoms with Crippen LogP contribution in [0, 0.1) is 5.41 Å². The lowest BCUT2D eigenvalue weighted by Crippen LogP contribution is -2.51. The number of likely N-dealkylation sites (tertiary alicyclic amines) is 1. The molecule has 3 N–H and O–H groups in total. The van der Waals surface area contributed by atoms with Gasteiger partial charge in [0, 0.05) is 30.0 Å². The van der Waals surface area contributed by atoms with Crippen molar-refractivity contribution in [1.29, 1.82) is 0 Å². The number of hydrogen-bond acceptors (Lipinski definition) is 9. The Hall–Kier alpha value is -4.93. The maximum absolute atomic E-state index is 6.34. The van der Waals surface area contributed by atoms with Crippen molar-refractivity contribution in [2.45, 2.75) is 38.3 Å². The van der Waals surface area contributed by atoms with Crippen molar-refractivity contribution in [3.8, 4) is 28.3 Å². The molecule has 2 fully saturated rings. The summed E-state index contributed by atoms with van der Waals surface area (Å²) in [5.41, 5.74) is 13.3. The SMILES string of the molecule is Nc1ncccc1-c1nc2ccc(-c3ccccc3)nc2n1-c1ccc(CN2CCC3(CC2)CC(Nc2ncnc(Cl)n2)C3)cc1. The molecule has 0 atom stereocenters. The summed E-state index contributed by atoms with van der Waals surface area (Å²) in [6, 6.07) is 27.2. The number of nitrogens with zero attached hydrogens (tertiary/aromatic N) is 8. The molecule has 2 aliphatic rings. The molecule has 0 radical (unpaired) electrons. The van der Waals surface area contributed by atoms with Crippen LogP contribution < -0.4 is 11.1 Å².